The Labute approximate surface area is 94.2 Å². The number of nitrogens with two attached hydrogens (primary N) is 1. The van der Waals surface area contributed by atoms with E-state index in [1.54, 1.807) is 4.90 Å². The van der Waals surface area contributed by atoms with Crippen LogP contribution in [0.2, 0.25) is 0 Å². The maximum Gasteiger partial charge on any atom is 0.317 e. The van der Waals surface area contributed by atoms with E-state index in [2.05, 4.69) is 10.5 Å². The molecule has 1 heterocycles. The molecule has 1 aliphatic rings. The predicted octanol–water partition coefficient (Wildman–Crippen LogP) is -0.448. The van der Waals surface area contributed by atoms with Crippen molar-refractivity contribution in [3.8, 4) is 0 Å². The molecule has 0 aromatic rings. The molecular formula is C9H18N4O3. The van der Waals surface area contributed by atoms with E-state index >= 15 is 0 Å². The number of carbonyl (C=O) groups excluding carboxylic acids is 1. The molecule has 1 atom stereocenters. The van der Waals surface area contributed by atoms with Gasteiger partial charge in [-0.05, 0) is 13.8 Å². The van der Waals surface area contributed by atoms with Gasteiger partial charge in [-0.15, -0.1) is 0 Å². The fraction of sp³-hybridized carbons (Fsp3) is 0.778. The normalized spacial score (nSPS) is 22.3. The second kappa shape index (κ2) is 5.55. The van der Waals surface area contributed by atoms with Crippen LogP contribution in [0.1, 0.15) is 13.8 Å². The number of amides is 2. The highest BCUT2D eigenvalue weighted by molar-refractivity contribution is 5.85. The van der Waals surface area contributed by atoms with Crippen molar-refractivity contribution in [2.45, 2.75) is 26.0 Å². The van der Waals surface area contributed by atoms with Gasteiger partial charge in [0.1, 0.15) is 6.10 Å². The van der Waals surface area contributed by atoms with E-state index < -0.39 is 6.10 Å². The van der Waals surface area contributed by atoms with Crippen LogP contribution in [0.15, 0.2) is 5.16 Å². The molecule has 0 aromatic heterocycles. The monoisotopic (exact) mass is 230 g/mol. The van der Waals surface area contributed by atoms with E-state index in [9.17, 15) is 4.79 Å². The van der Waals surface area contributed by atoms with E-state index in [0.29, 0.717) is 19.7 Å². The smallest absolute Gasteiger partial charge is 0.317 e. The first-order valence-corrected chi connectivity index (χ1v) is 5.19. The van der Waals surface area contributed by atoms with E-state index in [0.717, 1.165) is 0 Å². The maximum absolute atomic E-state index is 11.7. The second-order valence-corrected chi connectivity index (χ2v) is 3.93. The van der Waals surface area contributed by atoms with Crippen molar-refractivity contribution in [2.75, 3.05) is 19.7 Å². The highest BCUT2D eigenvalue weighted by Gasteiger charge is 2.27. The van der Waals surface area contributed by atoms with E-state index in [1.807, 2.05) is 13.8 Å². The third-order valence-corrected chi connectivity index (χ3v) is 2.21. The third-order valence-electron chi connectivity index (χ3n) is 2.21. The molecule has 1 rings (SSSR count). The van der Waals surface area contributed by atoms with Crippen LogP contribution in [0, 0.1) is 0 Å². The number of nitrogens with zero attached hydrogens (tertiary/aromatic N) is 2. The van der Waals surface area contributed by atoms with Gasteiger partial charge in [-0.3, -0.25) is 0 Å². The fourth-order valence-corrected chi connectivity index (χ4v) is 1.42. The summed E-state index contributed by atoms with van der Waals surface area (Å²) >= 11 is 0. The van der Waals surface area contributed by atoms with Crippen molar-refractivity contribution in [3.05, 3.63) is 0 Å². The molecule has 1 aliphatic heterocycles. The SMILES string of the molecule is CC(C)NC(=O)N1CCOC(C(N)=NO)C1. The van der Waals surface area contributed by atoms with Gasteiger partial charge in [-0.1, -0.05) is 5.16 Å². The minimum atomic E-state index is -0.531. The zero-order valence-electron chi connectivity index (χ0n) is 9.51. The summed E-state index contributed by atoms with van der Waals surface area (Å²) in [4.78, 5) is 13.3. The third kappa shape index (κ3) is 3.27. The molecule has 0 bridgehead atoms. The van der Waals surface area contributed by atoms with Crippen LogP contribution >= 0.6 is 0 Å². The van der Waals surface area contributed by atoms with Crippen LogP contribution in [-0.2, 0) is 4.74 Å². The lowest BCUT2D eigenvalue weighted by Crippen LogP contribution is -2.54. The van der Waals surface area contributed by atoms with Crippen LogP contribution in [0.25, 0.3) is 0 Å². The summed E-state index contributed by atoms with van der Waals surface area (Å²) in [5.74, 6) is -0.0120. The highest BCUT2D eigenvalue weighted by Crippen LogP contribution is 2.05. The zero-order valence-corrected chi connectivity index (χ0v) is 9.51. The van der Waals surface area contributed by atoms with Crippen LogP contribution in [0.5, 0.6) is 0 Å². The molecule has 92 valence electrons. The summed E-state index contributed by atoms with van der Waals surface area (Å²) in [6, 6.07) is -0.0771. The predicted molar refractivity (Wildman–Crippen MR) is 58.4 cm³/mol. The molecule has 0 spiro atoms. The Balaban J connectivity index is 2.53. The summed E-state index contributed by atoms with van der Waals surface area (Å²) in [5.41, 5.74) is 5.43. The summed E-state index contributed by atoms with van der Waals surface area (Å²) in [7, 11) is 0. The van der Waals surface area contributed by atoms with Gasteiger partial charge in [0.25, 0.3) is 0 Å². The summed E-state index contributed by atoms with van der Waals surface area (Å²) in [6.45, 7) is 4.97. The summed E-state index contributed by atoms with van der Waals surface area (Å²) < 4.78 is 5.28. The Bertz CT molecular complexity index is 280. The molecule has 4 N–H and O–H groups in total. The Morgan fingerprint density at radius 3 is 2.94 bits per heavy atom. The first-order valence-electron chi connectivity index (χ1n) is 5.19. The van der Waals surface area contributed by atoms with Crippen molar-refractivity contribution in [3.63, 3.8) is 0 Å². The Kier molecular flexibility index (Phi) is 4.36. The average molecular weight is 230 g/mol. The second-order valence-electron chi connectivity index (χ2n) is 3.93. The first-order chi connectivity index (χ1) is 7.54. The van der Waals surface area contributed by atoms with Gasteiger partial charge in [0.2, 0.25) is 0 Å². The maximum atomic E-state index is 11.7. The lowest BCUT2D eigenvalue weighted by Gasteiger charge is -2.32. The molecule has 1 saturated heterocycles. The average Bonchev–Trinajstić information content (AvgIpc) is 2.27. The number of nitrogens with one attached hydrogen (secondary N) is 1. The number of amidine groups is 1. The molecule has 0 aliphatic carbocycles. The zero-order chi connectivity index (χ0) is 12.1. The number of urea groups is 1. The van der Waals surface area contributed by atoms with E-state index in [1.165, 1.54) is 0 Å². The largest absolute Gasteiger partial charge is 0.409 e. The first kappa shape index (κ1) is 12.6. The van der Waals surface area contributed by atoms with Gasteiger partial charge >= 0.3 is 6.03 Å². The molecule has 0 saturated carbocycles. The van der Waals surface area contributed by atoms with Crippen LogP contribution in [-0.4, -0.2) is 53.8 Å². The number of hydrogen-bond donors (Lipinski definition) is 3. The Hall–Kier alpha value is -1.50. The number of morpholine rings is 1. The van der Waals surface area contributed by atoms with E-state index in [4.69, 9.17) is 15.7 Å². The minimum Gasteiger partial charge on any atom is -0.409 e. The molecule has 1 unspecified atom stereocenters. The number of ether oxygens (including phenoxy) is 1. The molecule has 16 heavy (non-hydrogen) atoms. The molecule has 7 nitrogen and oxygen atoms in total. The lowest BCUT2D eigenvalue weighted by atomic mass is 10.2. The van der Waals surface area contributed by atoms with Crippen LogP contribution in [0.3, 0.4) is 0 Å². The number of carbonyl (C=O) groups is 1. The van der Waals surface area contributed by atoms with Crippen LogP contribution < -0.4 is 11.1 Å². The molecular weight excluding hydrogens is 212 g/mol. The molecule has 1 fully saturated rings. The van der Waals surface area contributed by atoms with Crippen molar-refractivity contribution in [2.24, 2.45) is 10.9 Å². The van der Waals surface area contributed by atoms with Crippen molar-refractivity contribution < 1.29 is 14.7 Å². The molecule has 0 aromatic carbocycles. The quantitative estimate of drug-likeness (QED) is 0.259. The Morgan fingerprint density at radius 2 is 2.38 bits per heavy atom. The van der Waals surface area contributed by atoms with Gasteiger partial charge in [0.15, 0.2) is 5.84 Å². The fourth-order valence-electron chi connectivity index (χ4n) is 1.42. The van der Waals surface area contributed by atoms with Crippen molar-refractivity contribution in [1.82, 2.24) is 10.2 Å². The standard InChI is InChI=1S/C9H18N4O3/c1-6(2)11-9(14)13-3-4-16-7(5-13)8(10)12-15/h6-7,15H,3-5H2,1-2H3,(H2,10,12)(H,11,14). The van der Waals surface area contributed by atoms with Gasteiger partial charge in [0.05, 0.1) is 13.2 Å². The summed E-state index contributed by atoms with van der Waals surface area (Å²) in [5, 5.41) is 14.2. The summed E-state index contributed by atoms with van der Waals surface area (Å²) in [6.07, 6.45) is -0.531. The Morgan fingerprint density at radius 1 is 1.69 bits per heavy atom. The number of oxime groups is 1. The van der Waals surface area contributed by atoms with E-state index in [-0.39, 0.29) is 17.9 Å². The molecule has 0 radical (unpaired) electrons. The molecule has 7 heteroatoms. The van der Waals surface area contributed by atoms with Crippen LogP contribution in [0.4, 0.5) is 4.79 Å². The van der Waals surface area contributed by atoms with Crippen molar-refractivity contribution >= 4 is 11.9 Å². The number of hydrogen-bond acceptors (Lipinski definition) is 4. The van der Waals surface area contributed by atoms with Gasteiger partial charge < -0.3 is 25.9 Å². The van der Waals surface area contributed by atoms with Gasteiger partial charge in [0, 0.05) is 12.6 Å². The molecule has 2 amide bonds. The topological polar surface area (TPSA) is 100 Å². The van der Waals surface area contributed by atoms with Crippen molar-refractivity contribution in [1.29, 1.82) is 0 Å². The minimum absolute atomic E-state index is 0.0120. The highest BCUT2D eigenvalue weighted by atomic mass is 16.5. The lowest BCUT2D eigenvalue weighted by molar-refractivity contribution is 0.0195. The van der Waals surface area contributed by atoms with Gasteiger partial charge in [-0.25, -0.2) is 4.79 Å². The number of rotatable bonds is 2. The van der Waals surface area contributed by atoms with Gasteiger partial charge in [-0.2, -0.15) is 0 Å².